The van der Waals surface area contributed by atoms with Crippen LogP contribution in [0.25, 0.3) is 0 Å². The zero-order valence-corrected chi connectivity index (χ0v) is 13.1. The van der Waals surface area contributed by atoms with Crippen molar-refractivity contribution in [2.24, 2.45) is 0 Å². The molecule has 0 spiro atoms. The lowest BCUT2D eigenvalue weighted by Crippen LogP contribution is -2.12. The van der Waals surface area contributed by atoms with E-state index < -0.39 is 0 Å². The first-order valence-electron chi connectivity index (χ1n) is 5.68. The van der Waals surface area contributed by atoms with Crippen molar-refractivity contribution >= 4 is 39.1 Å². The van der Waals surface area contributed by atoms with Crippen LogP contribution in [0.15, 0.2) is 40.9 Å². The number of halogens is 3. The summed E-state index contributed by atoms with van der Waals surface area (Å²) in [5.74, 6) is 0.0781. The Morgan fingerprint density at radius 3 is 2.42 bits per heavy atom. The van der Waals surface area contributed by atoms with Crippen molar-refractivity contribution in [1.29, 1.82) is 0 Å². The predicted molar refractivity (Wildman–Crippen MR) is 82.8 cm³/mol. The lowest BCUT2D eigenvalue weighted by Gasteiger charge is -2.09. The van der Waals surface area contributed by atoms with Crippen molar-refractivity contribution in [3.05, 3.63) is 62.0 Å². The fourth-order valence-electron chi connectivity index (χ4n) is 1.70. The van der Waals surface area contributed by atoms with Crippen LogP contribution < -0.4 is 5.32 Å². The average Bonchev–Trinajstić information content (AvgIpc) is 2.37. The molecule has 2 rings (SSSR count). The molecule has 0 aliphatic carbocycles. The first-order valence-corrected chi connectivity index (χ1v) is 7.23. The molecular formula is C14H12BrCl2NO. The molecule has 100 valence electrons. The van der Waals surface area contributed by atoms with Gasteiger partial charge in [0.15, 0.2) is 0 Å². The molecule has 2 nitrogen and oxygen atoms in total. The maximum atomic E-state index is 9.82. The highest BCUT2D eigenvalue weighted by Gasteiger charge is 2.07. The van der Waals surface area contributed by atoms with Gasteiger partial charge in [0.05, 0.1) is 5.02 Å². The van der Waals surface area contributed by atoms with E-state index in [1.54, 1.807) is 6.07 Å². The molecule has 2 aromatic carbocycles. The largest absolute Gasteiger partial charge is 0.506 e. The highest BCUT2D eigenvalue weighted by Crippen LogP contribution is 2.31. The van der Waals surface area contributed by atoms with Gasteiger partial charge in [-0.2, -0.15) is 0 Å². The summed E-state index contributed by atoms with van der Waals surface area (Å²) in [4.78, 5) is 0. The van der Waals surface area contributed by atoms with Crippen LogP contribution in [0, 0.1) is 0 Å². The summed E-state index contributed by atoms with van der Waals surface area (Å²) in [6, 6.07) is 11.3. The second-order valence-electron chi connectivity index (χ2n) is 4.13. The van der Waals surface area contributed by atoms with E-state index in [0.29, 0.717) is 23.7 Å². The molecule has 0 unspecified atom stereocenters. The lowest BCUT2D eigenvalue weighted by molar-refractivity contribution is 0.464. The minimum Gasteiger partial charge on any atom is -0.506 e. The van der Waals surface area contributed by atoms with E-state index in [1.807, 2.05) is 24.3 Å². The van der Waals surface area contributed by atoms with Gasteiger partial charge < -0.3 is 10.4 Å². The fraction of sp³-hybridized carbons (Fsp3) is 0.143. The van der Waals surface area contributed by atoms with Gasteiger partial charge in [0.25, 0.3) is 0 Å². The molecule has 2 N–H and O–H groups in total. The Hall–Kier alpha value is -0.740. The van der Waals surface area contributed by atoms with E-state index in [9.17, 15) is 5.11 Å². The number of nitrogens with one attached hydrogen (secondary N) is 1. The third-order valence-corrected chi connectivity index (χ3v) is 3.70. The second kappa shape index (κ2) is 6.62. The Labute approximate surface area is 130 Å². The topological polar surface area (TPSA) is 32.3 Å². The summed E-state index contributed by atoms with van der Waals surface area (Å²) in [5, 5.41) is 13.8. The number of phenols is 1. The van der Waals surface area contributed by atoms with E-state index in [-0.39, 0.29) is 10.8 Å². The van der Waals surface area contributed by atoms with Gasteiger partial charge in [-0.05, 0) is 29.8 Å². The second-order valence-corrected chi connectivity index (χ2v) is 5.88. The normalized spacial score (nSPS) is 10.7. The van der Waals surface area contributed by atoms with Crippen LogP contribution >= 0.6 is 39.1 Å². The van der Waals surface area contributed by atoms with E-state index in [2.05, 4.69) is 21.2 Å². The van der Waals surface area contributed by atoms with Crippen molar-refractivity contribution in [1.82, 2.24) is 5.32 Å². The summed E-state index contributed by atoms with van der Waals surface area (Å²) >= 11 is 15.2. The summed E-state index contributed by atoms with van der Waals surface area (Å²) < 4.78 is 1.05. The Morgan fingerprint density at radius 1 is 1.05 bits per heavy atom. The third-order valence-electron chi connectivity index (χ3n) is 2.66. The quantitative estimate of drug-likeness (QED) is 0.824. The fourth-order valence-corrected chi connectivity index (χ4v) is 2.50. The lowest BCUT2D eigenvalue weighted by atomic mass is 10.2. The van der Waals surface area contributed by atoms with Gasteiger partial charge in [0.1, 0.15) is 5.75 Å². The zero-order chi connectivity index (χ0) is 13.8. The van der Waals surface area contributed by atoms with Gasteiger partial charge in [-0.25, -0.2) is 0 Å². The summed E-state index contributed by atoms with van der Waals surface area (Å²) in [6.45, 7) is 1.21. The van der Waals surface area contributed by atoms with E-state index in [1.165, 1.54) is 6.07 Å². The number of rotatable bonds is 4. The maximum absolute atomic E-state index is 9.82. The van der Waals surface area contributed by atoms with E-state index in [4.69, 9.17) is 23.2 Å². The van der Waals surface area contributed by atoms with E-state index in [0.717, 1.165) is 10.0 Å². The van der Waals surface area contributed by atoms with Crippen LogP contribution in [0.3, 0.4) is 0 Å². The van der Waals surface area contributed by atoms with Gasteiger partial charge >= 0.3 is 0 Å². The molecule has 0 saturated heterocycles. The van der Waals surface area contributed by atoms with Gasteiger partial charge in [-0.15, -0.1) is 0 Å². The van der Waals surface area contributed by atoms with Crippen LogP contribution in [-0.2, 0) is 13.1 Å². The number of hydrogen-bond donors (Lipinski definition) is 2. The monoisotopic (exact) mass is 359 g/mol. The van der Waals surface area contributed by atoms with Crippen molar-refractivity contribution in [3.63, 3.8) is 0 Å². The molecule has 0 aromatic heterocycles. The van der Waals surface area contributed by atoms with E-state index >= 15 is 0 Å². The van der Waals surface area contributed by atoms with Crippen LogP contribution in [0.4, 0.5) is 0 Å². The van der Waals surface area contributed by atoms with Crippen molar-refractivity contribution in [2.45, 2.75) is 13.1 Å². The molecular weight excluding hydrogens is 349 g/mol. The Morgan fingerprint density at radius 2 is 1.74 bits per heavy atom. The number of benzene rings is 2. The third kappa shape index (κ3) is 4.11. The van der Waals surface area contributed by atoms with Crippen LogP contribution in [0.2, 0.25) is 10.0 Å². The minimum atomic E-state index is 0.0781. The first-order chi connectivity index (χ1) is 9.06. The number of phenolic OH excluding ortho intramolecular Hbond substituents is 1. The number of hydrogen-bond acceptors (Lipinski definition) is 2. The molecule has 0 amide bonds. The predicted octanol–water partition coefficient (Wildman–Crippen LogP) is 4.75. The minimum absolute atomic E-state index is 0.0781. The van der Waals surface area contributed by atoms with Gasteiger partial charge in [-0.3, -0.25) is 0 Å². The Kier molecular flexibility index (Phi) is 5.11. The average molecular weight is 361 g/mol. The molecule has 19 heavy (non-hydrogen) atoms. The van der Waals surface area contributed by atoms with Gasteiger partial charge in [0, 0.05) is 28.1 Å². The summed E-state index contributed by atoms with van der Waals surface area (Å²) in [7, 11) is 0. The number of aromatic hydroxyl groups is 1. The molecule has 2 aromatic rings. The molecule has 0 fully saturated rings. The van der Waals surface area contributed by atoms with Crippen molar-refractivity contribution in [2.75, 3.05) is 0 Å². The molecule has 5 heteroatoms. The summed E-state index contributed by atoms with van der Waals surface area (Å²) in [6.07, 6.45) is 0. The Bertz CT molecular complexity index is 572. The zero-order valence-electron chi connectivity index (χ0n) is 9.96. The molecule has 0 aliphatic heterocycles. The molecule has 0 atom stereocenters. The Balaban J connectivity index is 1.98. The van der Waals surface area contributed by atoms with Crippen molar-refractivity contribution < 1.29 is 5.11 Å². The van der Waals surface area contributed by atoms with Crippen LogP contribution in [-0.4, -0.2) is 5.11 Å². The maximum Gasteiger partial charge on any atom is 0.138 e. The van der Waals surface area contributed by atoms with Crippen molar-refractivity contribution in [3.8, 4) is 5.75 Å². The smallest absolute Gasteiger partial charge is 0.138 e. The molecule has 0 heterocycles. The molecule has 0 radical (unpaired) electrons. The molecule has 0 saturated carbocycles. The van der Waals surface area contributed by atoms with Crippen LogP contribution in [0.1, 0.15) is 11.1 Å². The summed E-state index contributed by atoms with van der Waals surface area (Å²) in [5.41, 5.74) is 1.85. The molecule has 0 aliphatic rings. The standard InChI is InChI=1S/C14H12BrCl2NO/c15-11-3-1-9(2-4-11)7-18-8-10-5-12(16)6-13(17)14(10)19/h1-6,18-19H,7-8H2. The van der Waals surface area contributed by atoms with Gasteiger partial charge in [0.2, 0.25) is 0 Å². The SMILES string of the molecule is Oc1c(Cl)cc(Cl)cc1CNCc1ccc(Br)cc1. The van der Waals surface area contributed by atoms with Gasteiger partial charge in [-0.1, -0.05) is 51.3 Å². The van der Waals surface area contributed by atoms with Crippen LogP contribution in [0.5, 0.6) is 5.75 Å². The highest BCUT2D eigenvalue weighted by molar-refractivity contribution is 9.10. The molecule has 0 bridgehead atoms. The highest BCUT2D eigenvalue weighted by atomic mass is 79.9. The first kappa shape index (κ1) is 14.7.